The molecule has 104 valence electrons. The minimum atomic E-state index is -0.776. The zero-order chi connectivity index (χ0) is 13.9. The average molecular weight is 326 g/mol. The second kappa shape index (κ2) is 6.06. The van der Waals surface area contributed by atoms with Crippen LogP contribution in [0.1, 0.15) is 38.2 Å². The Labute approximate surface area is 122 Å². The van der Waals surface area contributed by atoms with E-state index in [2.05, 4.69) is 22.9 Å². The molecule has 1 aliphatic rings. The predicted molar refractivity (Wildman–Crippen MR) is 78.5 cm³/mol. The second-order valence-electron chi connectivity index (χ2n) is 5.54. The van der Waals surface area contributed by atoms with Gasteiger partial charge >= 0.3 is 5.97 Å². The van der Waals surface area contributed by atoms with Gasteiger partial charge in [0.2, 0.25) is 0 Å². The molecule has 4 heteroatoms. The standard InChI is InChI=1S/C15H20BrNO2/c1-11-6-8-15(17,9-7-11)14(18)19-10-12-2-4-13(16)5-3-12/h2-5,11H,6-10,17H2,1H3. The summed E-state index contributed by atoms with van der Waals surface area (Å²) in [6.45, 7) is 2.49. The van der Waals surface area contributed by atoms with Crippen LogP contribution < -0.4 is 5.73 Å². The van der Waals surface area contributed by atoms with E-state index in [1.165, 1.54) is 0 Å². The van der Waals surface area contributed by atoms with Crippen LogP contribution >= 0.6 is 15.9 Å². The predicted octanol–water partition coefficient (Wildman–Crippen LogP) is 3.40. The van der Waals surface area contributed by atoms with Gasteiger partial charge in [-0.1, -0.05) is 35.0 Å². The molecular weight excluding hydrogens is 306 g/mol. The highest BCUT2D eigenvalue weighted by atomic mass is 79.9. The Morgan fingerprint density at radius 1 is 1.37 bits per heavy atom. The maximum absolute atomic E-state index is 12.1. The number of hydrogen-bond acceptors (Lipinski definition) is 3. The third kappa shape index (κ3) is 3.80. The molecule has 3 nitrogen and oxygen atoms in total. The van der Waals surface area contributed by atoms with Crippen LogP contribution in [0, 0.1) is 5.92 Å². The monoisotopic (exact) mass is 325 g/mol. The minimum Gasteiger partial charge on any atom is -0.459 e. The summed E-state index contributed by atoms with van der Waals surface area (Å²) in [5.74, 6) is 0.401. The van der Waals surface area contributed by atoms with Gasteiger partial charge in [0.05, 0.1) is 0 Å². The molecule has 0 unspecified atom stereocenters. The lowest BCUT2D eigenvalue weighted by molar-refractivity contribution is -0.153. The molecule has 1 aromatic carbocycles. The first-order chi connectivity index (χ1) is 8.99. The topological polar surface area (TPSA) is 52.3 Å². The molecular formula is C15H20BrNO2. The maximum Gasteiger partial charge on any atom is 0.326 e. The number of ether oxygens (including phenoxy) is 1. The van der Waals surface area contributed by atoms with E-state index >= 15 is 0 Å². The Hall–Kier alpha value is -0.870. The lowest BCUT2D eigenvalue weighted by Gasteiger charge is -2.33. The smallest absolute Gasteiger partial charge is 0.326 e. The van der Waals surface area contributed by atoms with E-state index in [0.717, 1.165) is 35.7 Å². The third-order valence-electron chi connectivity index (χ3n) is 3.86. The van der Waals surface area contributed by atoms with Gasteiger partial charge in [-0.15, -0.1) is 0 Å². The second-order valence-corrected chi connectivity index (χ2v) is 6.46. The molecule has 0 atom stereocenters. The van der Waals surface area contributed by atoms with E-state index in [0.29, 0.717) is 12.5 Å². The molecule has 1 aliphatic carbocycles. The molecule has 2 N–H and O–H groups in total. The number of carbonyl (C=O) groups is 1. The molecule has 1 aromatic rings. The number of hydrogen-bond donors (Lipinski definition) is 1. The Bertz CT molecular complexity index is 436. The molecule has 0 heterocycles. The van der Waals surface area contributed by atoms with Crippen molar-refractivity contribution in [3.8, 4) is 0 Å². The fraction of sp³-hybridized carbons (Fsp3) is 0.533. The summed E-state index contributed by atoms with van der Waals surface area (Å²) in [4.78, 5) is 12.1. The van der Waals surface area contributed by atoms with Crippen LogP contribution in [0.5, 0.6) is 0 Å². The van der Waals surface area contributed by atoms with E-state index in [-0.39, 0.29) is 5.97 Å². The van der Waals surface area contributed by atoms with Crippen LogP contribution in [-0.4, -0.2) is 11.5 Å². The first-order valence-corrected chi connectivity index (χ1v) is 7.49. The highest BCUT2D eigenvalue weighted by molar-refractivity contribution is 9.10. The highest BCUT2D eigenvalue weighted by Gasteiger charge is 2.38. The maximum atomic E-state index is 12.1. The van der Waals surface area contributed by atoms with Gasteiger partial charge < -0.3 is 10.5 Å². The number of carbonyl (C=O) groups excluding carboxylic acids is 1. The van der Waals surface area contributed by atoms with E-state index < -0.39 is 5.54 Å². The van der Waals surface area contributed by atoms with Gasteiger partial charge in [0.1, 0.15) is 12.1 Å². The van der Waals surface area contributed by atoms with Crippen LogP contribution in [-0.2, 0) is 16.1 Å². The molecule has 2 rings (SSSR count). The summed E-state index contributed by atoms with van der Waals surface area (Å²) in [7, 11) is 0. The van der Waals surface area contributed by atoms with Gasteiger partial charge in [0.15, 0.2) is 0 Å². The van der Waals surface area contributed by atoms with Crippen molar-refractivity contribution in [1.29, 1.82) is 0 Å². The molecule has 0 bridgehead atoms. The fourth-order valence-corrected chi connectivity index (χ4v) is 2.62. The highest BCUT2D eigenvalue weighted by Crippen LogP contribution is 2.31. The molecule has 0 amide bonds. The SMILES string of the molecule is CC1CCC(N)(C(=O)OCc2ccc(Br)cc2)CC1. The van der Waals surface area contributed by atoms with Crippen molar-refractivity contribution in [3.05, 3.63) is 34.3 Å². The zero-order valence-corrected chi connectivity index (χ0v) is 12.8. The lowest BCUT2D eigenvalue weighted by atomic mass is 9.78. The zero-order valence-electron chi connectivity index (χ0n) is 11.2. The number of benzene rings is 1. The molecule has 0 radical (unpaired) electrons. The Morgan fingerprint density at radius 3 is 2.53 bits per heavy atom. The number of rotatable bonds is 3. The van der Waals surface area contributed by atoms with Crippen LogP contribution in [0.25, 0.3) is 0 Å². The minimum absolute atomic E-state index is 0.262. The Kier molecular flexibility index (Phi) is 4.63. The third-order valence-corrected chi connectivity index (χ3v) is 4.38. The van der Waals surface area contributed by atoms with E-state index in [1.54, 1.807) is 0 Å². The van der Waals surface area contributed by atoms with Gasteiger partial charge in [-0.25, -0.2) is 0 Å². The van der Waals surface area contributed by atoms with Gasteiger partial charge in [-0.05, 0) is 49.3 Å². The summed E-state index contributed by atoms with van der Waals surface area (Å²) >= 11 is 3.37. The first kappa shape index (κ1) is 14.5. The average Bonchev–Trinajstić information content (AvgIpc) is 2.41. The summed E-state index contributed by atoms with van der Waals surface area (Å²) in [6, 6.07) is 7.74. The van der Waals surface area contributed by atoms with Crippen LogP contribution in [0.4, 0.5) is 0 Å². The summed E-state index contributed by atoms with van der Waals surface area (Å²) in [5, 5.41) is 0. The molecule has 1 fully saturated rings. The number of halogens is 1. The van der Waals surface area contributed by atoms with Crippen LogP contribution in [0.3, 0.4) is 0 Å². The van der Waals surface area contributed by atoms with Crippen LogP contribution in [0.2, 0.25) is 0 Å². The van der Waals surface area contributed by atoms with Gasteiger partial charge in [0, 0.05) is 4.47 Å². The van der Waals surface area contributed by atoms with Crippen molar-refractivity contribution >= 4 is 21.9 Å². The lowest BCUT2D eigenvalue weighted by Crippen LogP contribution is -2.51. The normalized spacial score (nSPS) is 27.0. The Morgan fingerprint density at radius 2 is 1.95 bits per heavy atom. The van der Waals surface area contributed by atoms with Gasteiger partial charge in [-0.2, -0.15) is 0 Å². The van der Waals surface area contributed by atoms with Gasteiger partial charge in [0.25, 0.3) is 0 Å². The molecule has 19 heavy (non-hydrogen) atoms. The summed E-state index contributed by atoms with van der Waals surface area (Å²) in [5.41, 5.74) is 6.37. The fourth-order valence-electron chi connectivity index (χ4n) is 2.35. The van der Waals surface area contributed by atoms with Crippen molar-refractivity contribution in [1.82, 2.24) is 0 Å². The molecule has 0 aliphatic heterocycles. The first-order valence-electron chi connectivity index (χ1n) is 6.70. The van der Waals surface area contributed by atoms with Crippen molar-refractivity contribution in [2.45, 2.75) is 44.8 Å². The Balaban J connectivity index is 1.88. The molecule has 0 spiro atoms. The largest absolute Gasteiger partial charge is 0.459 e. The molecule has 0 saturated heterocycles. The van der Waals surface area contributed by atoms with E-state index in [1.807, 2.05) is 24.3 Å². The van der Waals surface area contributed by atoms with Crippen molar-refractivity contribution in [2.24, 2.45) is 11.7 Å². The quantitative estimate of drug-likeness (QED) is 0.866. The summed E-state index contributed by atoms with van der Waals surface area (Å²) < 4.78 is 6.38. The summed E-state index contributed by atoms with van der Waals surface area (Å²) in [6.07, 6.45) is 3.47. The van der Waals surface area contributed by atoms with E-state index in [9.17, 15) is 4.79 Å². The van der Waals surface area contributed by atoms with Crippen molar-refractivity contribution in [2.75, 3.05) is 0 Å². The number of nitrogens with two attached hydrogens (primary N) is 1. The van der Waals surface area contributed by atoms with Crippen LogP contribution in [0.15, 0.2) is 28.7 Å². The van der Waals surface area contributed by atoms with E-state index in [4.69, 9.17) is 10.5 Å². The van der Waals surface area contributed by atoms with Gasteiger partial charge in [-0.3, -0.25) is 4.79 Å². The molecule has 1 saturated carbocycles. The molecule has 0 aromatic heterocycles. The number of esters is 1. The van der Waals surface area contributed by atoms with Crippen molar-refractivity contribution < 1.29 is 9.53 Å². The van der Waals surface area contributed by atoms with Crippen molar-refractivity contribution in [3.63, 3.8) is 0 Å².